The molecule has 0 amide bonds. The Kier molecular flexibility index (Phi) is 11.8. The Morgan fingerprint density at radius 2 is 0.900 bits per heavy atom. The summed E-state index contributed by atoms with van der Waals surface area (Å²) in [6, 6.07) is 6.71. The van der Waals surface area contributed by atoms with Crippen molar-refractivity contribution in [3.8, 4) is 0 Å². The van der Waals surface area contributed by atoms with E-state index in [1.165, 1.54) is 4.45 Å². The molecule has 32 heteroatoms. The second kappa shape index (κ2) is 14.5. The van der Waals surface area contributed by atoms with Crippen LogP contribution >= 0.6 is 54.4 Å². The summed E-state index contributed by atoms with van der Waals surface area (Å²) in [6.45, 7) is 1.91. The normalized spacial score (nSPS) is 25.7. The molecule has 5 rings (SSSR count). The van der Waals surface area contributed by atoms with Crippen LogP contribution in [0.5, 0.6) is 0 Å². The zero-order valence-electron chi connectivity index (χ0n) is 25.6. The van der Waals surface area contributed by atoms with Crippen molar-refractivity contribution in [2.24, 2.45) is 0 Å². The van der Waals surface area contributed by atoms with Crippen LogP contribution in [0.4, 0.5) is 0 Å². The van der Waals surface area contributed by atoms with E-state index in [-0.39, 0.29) is 0 Å². The number of hydrogen-bond donors (Lipinski definition) is 7. The van der Waals surface area contributed by atoms with E-state index in [0.717, 1.165) is 0 Å². The Bertz CT molecular complexity index is 1830. The molecule has 3 saturated heterocycles. The second-order valence-electron chi connectivity index (χ2n) is 11.1. The van der Waals surface area contributed by atoms with Gasteiger partial charge in [-0.05, 0) is 0 Å². The van der Waals surface area contributed by atoms with Gasteiger partial charge in [0.15, 0.2) is 0 Å². The third-order valence-corrected chi connectivity index (χ3v) is 23.1. The molecular weight excluding hydrogens is 821 g/mol. The molecule has 3 aliphatic rings. The molecule has 0 saturated carbocycles. The van der Waals surface area contributed by atoms with E-state index in [0.29, 0.717) is 88.8 Å². The zero-order chi connectivity index (χ0) is 36.9. The summed E-state index contributed by atoms with van der Waals surface area (Å²) in [5.41, 5.74) is 0.773. The van der Waals surface area contributed by atoms with Gasteiger partial charge in [0.1, 0.15) is 0 Å². The van der Waals surface area contributed by atoms with Crippen molar-refractivity contribution >= 4 is 65.4 Å². The molecular formula is C18H35N6O19P7. The van der Waals surface area contributed by atoms with E-state index in [4.69, 9.17) is 14.1 Å². The summed E-state index contributed by atoms with van der Waals surface area (Å²) in [4.78, 5) is 67.9. The average Bonchev–Trinajstić information content (AvgIpc) is 3.76. The molecule has 7 N–H and O–H groups in total. The van der Waals surface area contributed by atoms with Crippen LogP contribution in [-0.4, -0.2) is 102 Å². The molecule has 3 fully saturated rings. The van der Waals surface area contributed by atoms with Gasteiger partial charge in [-0.2, -0.15) is 0 Å². The summed E-state index contributed by atoms with van der Waals surface area (Å²) < 4.78 is 106. The van der Waals surface area contributed by atoms with Crippen molar-refractivity contribution in [2.45, 2.75) is 38.5 Å². The Balaban J connectivity index is 1.53. The van der Waals surface area contributed by atoms with Gasteiger partial charge >= 0.3 is 269 Å². The number of para-hydroxylation sites is 1. The van der Waals surface area contributed by atoms with E-state index >= 15 is 0 Å². The van der Waals surface area contributed by atoms with Gasteiger partial charge in [-0.25, -0.2) is 4.57 Å². The van der Waals surface area contributed by atoms with Crippen molar-refractivity contribution in [1.82, 2.24) is 28.8 Å². The van der Waals surface area contributed by atoms with Crippen molar-refractivity contribution in [1.29, 1.82) is 0 Å². The molecule has 0 spiro atoms. The summed E-state index contributed by atoms with van der Waals surface area (Å²) >= 11 is 0. The van der Waals surface area contributed by atoms with Crippen molar-refractivity contribution < 1.29 is 87.5 Å². The Hall–Kier alpha value is -0.210. The van der Waals surface area contributed by atoms with E-state index in [1.54, 1.807) is 24.3 Å². The van der Waals surface area contributed by atoms with Crippen LogP contribution < -0.4 is 0 Å². The van der Waals surface area contributed by atoms with Gasteiger partial charge in [0.25, 0.3) is 0 Å². The number of nitrogens with zero attached hydrogens (tertiary/aromatic N) is 6. The first-order chi connectivity index (χ1) is 23.0. The van der Waals surface area contributed by atoms with Crippen LogP contribution in [0, 0.1) is 0 Å². The second-order valence-corrected chi connectivity index (χ2v) is 24.5. The monoisotopic (exact) mass is 856 g/mol. The van der Waals surface area contributed by atoms with E-state index < -0.39 is 54.4 Å². The zero-order valence-corrected chi connectivity index (χ0v) is 31.9. The van der Waals surface area contributed by atoms with Crippen LogP contribution in [0.3, 0.4) is 0 Å². The van der Waals surface area contributed by atoms with Gasteiger partial charge in [-0.1, -0.05) is 0 Å². The van der Waals surface area contributed by atoms with Crippen LogP contribution in [-0.2, 0) is 53.3 Å². The fraction of sp³-hybridized carbons (Fsp3) is 0.667. The molecule has 0 bridgehead atoms. The third kappa shape index (κ3) is 8.68. The first-order valence-corrected chi connectivity index (χ1v) is 25.5. The Labute approximate surface area is 283 Å². The first-order valence-electron chi connectivity index (χ1n) is 14.6. The summed E-state index contributed by atoms with van der Waals surface area (Å²) in [7, 11) is -42.3. The van der Waals surface area contributed by atoms with Gasteiger partial charge < -0.3 is 9.79 Å². The molecule has 3 aliphatic heterocycles. The number of aromatic nitrogens is 3. The summed E-state index contributed by atoms with van der Waals surface area (Å²) in [5.74, 6) is 0. The standard InChI is InChI=1S/C18H35N6O19P7/c25-44(26,27)38-45(28,29)39-46(30,31)40-47(32,33)41-48(34,35)42-49(36,37)43-50(21-11-3-4-12-21,22-13-5-6-14-22,23-15-7-8-16-23)24-18-10-2-1-9-17(18)19-20-24/h1-2,9-10H,3-8,11-16H2,(H,28,29)(H,30,31)(H,32,33)(H,34,35)(H,36,37)(H2,25,26,27). The predicted octanol–water partition coefficient (Wildman–Crippen LogP) is 3.39. The van der Waals surface area contributed by atoms with Crippen LogP contribution in [0.15, 0.2) is 24.3 Å². The van der Waals surface area contributed by atoms with Gasteiger partial charge in [0.2, 0.25) is 0 Å². The van der Waals surface area contributed by atoms with Crippen molar-refractivity contribution in [3.63, 3.8) is 0 Å². The molecule has 1 aromatic carbocycles. The Morgan fingerprint density at radius 3 is 1.30 bits per heavy atom. The van der Waals surface area contributed by atoms with E-state index in [1.807, 2.05) is 14.0 Å². The topological polar surface area (TPSA) is 340 Å². The SMILES string of the molecule is O=P(O)(O)OP(=O)(O)OP(=O)(O)OP(=O)(O)OP(=O)(O)OP(=O)(O)OP(N1CCCC1)(N1CCCC1)(N1CCCC1)n1nnc2ccccc21. The number of phosphoric acid groups is 6. The number of hydrogen-bond acceptors (Lipinski definition) is 17. The van der Waals surface area contributed by atoms with Gasteiger partial charge in [0, 0.05) is 0 Å². The molecule has 5 unspecified atom stereocenters. The minimum atomic E-state index is -6.46. The van der Waals surface area contributed by atoms with Gasteiger partial charge in [-0.15, -0.1) is 0 Å². The Morgan fingerprint density at radius 1 is 0.540 bits per heavy atom. The molecule has 286 valence electrons. The van der Waals surface area contributed by atoms with Gasteiger partial charge in [-0.3, -0.25) is 0 Å². The molecule has 5 atom stereocenters. The summed E-state index contributed by atoms with van der Waals surface area (Å²) in [6.07, 6.45) is 3.76. The molecule has 50 heavy (non-hydrogen) atoms. The van der Waals surface area contributed by atoms with Gasteiger partial charge in [0.05, 0.1) is 0 Å². The summed E-state index contributed by atoms with van der Waals surface area (Å²) in [5, 5.41) is 8.73. The molecule has 0 radical (unpaired) electrons. The molecule has 2 aromatic rings. The predicted molar refractivity (Wildman–Crippen MR) is 170 cm³/mol. The van der Waals surface area contributed by atoms with E-state index in [9.17, 15) is 51.9 Å². The number of rotatable bonds is 16. The maximum absolute atomic E-state index is 14.1. The van der Waals surface area contributed by atoms with Crippen LogP contribution in [0.1, 0.15) is 38.5 Å². The number of benzene rings is 1. The van der Waals surface area contributed by atoms with E-state index in [2.05, 4.69) is 31.9 Å². The minimum absolute atomic E-state index is 0.318. The van der Waals surface area contributed by atoms with Crippen molar-refractivity contribution in [3.05, 3.63) is 24.3 Å². The maximum atomic E-state index is 14.1. The fourth-order valence-corrected chi connectivity index (χ4v) is 21.9. The molecule has 1 aromatic heterocycles. The van der Waals surface area contributed by atoms with Crippen LogP contribution in [0.25, 0.3) is 11.0 Å². The fourth-order valence-electron chi connectivity index (χ4n) is 6.27. The van der Waals surface area contributed by atoms with Crippen molar-refractivity contribution in [2.75, 3.05) is 39.3 Å². The van der Waals surface area contributed by atoms with Crippen LogP contribution in [0.2, 0.25) is 0 Å². The molecule has 0 aliphatic carbocycles. The quantitative estimate of drug-likeness (QED) is 0.119. The average molecular weight is 856 g/mol. The molecule has 25 nitrogen and oxygen atoms in total. The number of fused-ring (bicyclic) bond motifs is 1. The first kappa shape index (κ1) is 41.0. The third-order valence-electron chi connectivity index (χ3n) is 7.68. The molecule has 4 heterocycles.